The number of rotatable bonds is 3. The molecule has 1 N–H and O–H groups in total. The second-order valence-corrected chi connectivity index (χ2v) is 7.08. The number of hydrazine groups is 1. The third kappa shape index (κ3) is 3.89. The van der Waals surface area contributed by atoms with Crippen LogP contribution >= 0.6 is 35.6 Å². The van der Waals surface area contributed by atoms with Gasteiger partial charge in [0.25, 0.3) is 11.8 Å². The van der Waals surface area contributed by atoms with Gasteiger partial charge < -0.3 is 0 Å². The van der Waals surface area contributed by atoms with Crippen molar-refractivity contribution < 1.29 is 14.0 Å². The van der Waals surface area contributed by atoms with Crippen LogP contribution in [-0.2, 0) is 4.79 Å². The minimum absolute atomic E-state index is 0.174. The number of thioether (sulfide) groups is 1. The first-order valence-corrected chi connectivity index (χ1v) is 8.65. The summed E-state index contributed by atoms with van der Waals surface area (Å²) in [6.45, 7) is 0. The molecule has 2 aromatic rings. The van der Waals surface area contributed by atoms with Gasteiger partial charge in [-0.2, -0.15) is 5.01 Å². The van der Waals surface area contributed by atoms with E-state index >= 15 is 0 Å². The lowest BCUT2D eigenvalue weighted by molar-refractivity contribution is -0.123. The zero-order valence-corrected chi connectivity index (χ0v) is 14.9. The Labute approximate surface area is 157 Å². The van der Waals surface area contributed by atoms with Gasteiger partial charge in [0.1, 0.15) is 5.82 Å². The van der Waals surface area contributed by atoms with Gasteiger partial charge in [-0.05, 0) is 48.1 Å². The molecule has 0 saturated carbocycles. The van der Waals surface area contributed by atoms with Gasteiger partial charge in [0, 0.05) is 0 Å². The molecule has 0 aromatic heterocycles. The number of nitrogens with zero attached hydrogens (tertiary/aromatic N) is 1. The quantitative estimate of drug-likeness (QED) is 0.633. The molecular weight excluding hydrogens is 383 g/mol. The van der Waals surface area contributed by atoms with Crippen molar-refractivity contribution in [2.45, 2.75) is 0 Å². The molecule has 126 valence electrons. The Morgan fingerprint density at radius 2 is 2.00 bits per heavy atom. The van der Waals surface area contributed by atoms with Crippen LogP contribution < -0.4 is 5.43 Å². The third-order valence-corrected chi connectivity index (χ3v) is 4.90. The molecular formula is C17H10ClFN2O2S2. The predicted octanol–water partition coefficient (Wildman–Crippen LogP) is 4.03. The number of hydrogen-bond donors (Lipinski definition) is 1. The summed E-state index contributed by atoms with van der Waals surface area (Å²) in [4.78, 5) is 25.0. The Morgan fingerprint density at radius 1 is 1.24 bits per heavy atom. The van der Waals surface area contributed by atoms with Gasteiger partial charge in [0.15, 0.2) is 4.32 Å². The molecule has 1 aliphatic heterocycles. The zero-order chi connectivity index (χ0) is 18.0. The van der Waals surface area contributed by atoms with Crippen molar-refractivity contribution in [3.05, 3.63) is 75.4 Å². The number of thiocarbonyl (C=S) groups is 1. The van der Waals surface area contributed by atoms with E-state index in [0.717, 1.165) is 16.8 Å². The maximum Gasteiger partial charge on any atom is 0.285 e. The molecule has 8 heteroatoms. The number of carbonyl (C=O) groups is 2. The molecule has 1 aliphatic rings. The number of carbonyl (C=O) groups excluding carboxylic acids is 2. The van der Waals surface area contributed by atoms with E-state index in [-0.39, 0.29) is 19.8 Å². The van der Waals surface area contributed by atoms with Crippen LogP contribution in [0.3, 0.4) is 0 Å². The molecule has 0 spiro atoms. The molecule has 0 bridgehead atoms. The molecule has 1 fully saturated rings. The Morgan fingerprint density at radius 3 is 2.72 bits per heavy atom. The molecule has 0 unspecified atom stereocenters. The Bertz CT molecular complexity index is 917. The van der Waals surface area contributed by atoms with Crippen LogP contribution in [0.25, 0.3) is 6.08 Å². The van der Waals surface area contributed by atoms with Crippen molar-refractivity contribution in [3.8, 4) is 0 Å². The Balaban J connectivity index is 1.80. The predicted molar refractivity (Wildman–Crippen MR) is 100 cm³/mol. The van der Waals surface area contributed by atoms with Crippen molar-refractivity contribution >= 4 is 57.8 Å². The molecule has 25 heavy (non-hydrogen) atoms. The molecule has 1 saturated heterocycles. The Kier molecular flexibility index (Phi) is 5.17. The summed E-state index contributed by atoms with van der Waals surface area (Å²) in [5.74, 6) is -1.44. The van der Waals surface area contributed by atoms with Crippen molar-refractivity contribution in [3.63, 3.8) is 0 Å². The topological polar surface area (TPSA) is 49.4 Å². The molecule has 1 heterocycles. The third-order valence-electron chi connectivity index (χ3n) is 3.27. The van der Waals surface area contributed by atoms with Crippen LogP contribution in [0.15, 0.2) is 53.4 Å². The zero-order valence-electron chi connectivity index (χ0n) is 12.5. The number of hydrogen-bond acceptors (Lipinski definition) is 4. The fourth-order valence-electron chi connectivity index (χ4n) is 2.12. The van der Waals surface area contributed by atoms with E-state index in [9.17, 15) is 14.0 Å². The van der Waals surface area contributed by atoms with E-state index in [1.54, 1.807) is 30.3 Å². The van der Waals surface area contributed by atoms with E-state index in [4.69, 9.17) is 23.8 Å². The van der Waals surface area contributed by atoms with E-state index in [1.807, 2.05) is 0 Å². The second kappa shape index (κ2) is 7.35. The maximum atomic E-state index is 13.3. The lowest BCUT2D eigenvalue weighted by Crippen LogP contribution is -2.44. The highest BCUT2D eigenvalue weighted by atomic mass is 35.5. The summed E-state index contributed by atoms with van der Waals surface area (Å²) in [6, 6.07) is 12.3. The van der Waals surface area contributed by atoms with Gasteiger partial charge in [-0.1, -0.05) is 47.6 Å². The first-order chi connectivity index (χ1) is 12.0. The van der Waals surface area contributed by atoms with Crippen molar-refractivity contribution in [2.24, 2.45) is 0 Å². The highest BCUT2D eigenvalue weighted by Crippen LogP contribution is 2.31. The molecule has 0 radical (unpaired) electrons. The highest BCUT2D eigenvalue weighted by molar-refractivity contribution is 8.26. The molecule has 3 rings (SSSR count). The van der Waals surface area contributed by atoms with Crippen LogP contribution in [0, 0.1) is 5.82 Å². The van der Waals surface area contributed by atoms with Crippen molar-refractivity contribution in [2.75, 3.05) is 0 Å². The van der Waals surface area contributed by atoms with Crippen LogP contribution in [0.2, 0.25) is 5.02 Å². The van der Waals surface area contributed by atoms with Gasteiger partial charge in [0.2, 0.25) is 0 Å². The van der Waals surface area contributed by atoms with Crippen molar-refractivity contribution in [1.29, 1.82) is 0 Å². The first-order valence-electron chi connectivity index (χ1n) is 7.05. The summed E-state index contributed by atoms with van der Waals surface area (Å²) in [7, 11) is 0. The maximum absolute atomic E-state index is 13.3. The fourth-order valence-corrected chi connectivity index (χ4v) is 3.52. The average molecular weight is 393 g/mol. The monoisotopic (exact) mass is 392 g/mol. The molecule has 2 aromatic carbocycles. The summed E-state index contributed by atoms with van der Waals surface area (Å²) in [5.41, 5.74) is 3.20. The number of benzene rings is 2. The smallest absolute Gasteiger partial charge is 0.267 e. The normalized spacial score (nSPS) is 15.8. The molecule has 0 aliphatic carbocycles. The Hall–Kier alpha value is -2.22. The van der Waals surface area contributed by atoms with Crippen LogP contribution in [0.4, 0.5) is 4.39 Å². The average Bonchev–Trinajstić information content (AvgIpc) is 2.83. The number of amides is 2. The summed E-state index contributed by atoms with van der Waals surface area (Å²) in [6.07, 6.45) is 1.52. The minimum Gasteiger partial charge on any atom is -0.267 e. The highest BCUT2D eigenvalue weighted by Gasteiger charge is 2.34. The van der Waals surface area contributed by atoms with Gasteiger partial charge in [-0.3, -0.25) is 15.0 Å². The summed E-state index contributed by atoms with van der Waals surface area (Å²) >= 11 is 12.1. The van der Waals surface area contributed by atoms with E-state index in [0.29, 0.717) is 5.56 Å². The SMILES string of the molecule is O=C(NN1C(=O)C(=Cc2cccc(F)c2)SC1=S)c1ccccc1Cl. The minimum atomic E-state index is -0.547. The molecule has 0 atom stereocenters. The van der Waals surface area contributed by atoms with Gasteiger partial charge in [-0.15, -0.1) is 0 Å². The summed E-state index contributed by atoms with van der Waals surface area (Å²) < 4.78 is 13.4. The number of halogens is 2. The van der Waals surface area contributed by atoms with Crippen molar-refractivity contribution in [1.82, 2.24) is 10.4 Å². The van der Waals surface area contributed by atoms with E-state index in [2.05, 4.69) is 5.43 Å². The standard InChI is InChI=1S/C17H10ClFN2O2S2/c18-13-7-2-1-6-12(13)15(22)20-21-16(23)14(25-17(21)24)9-10-4-3-5-11(19)8-10/h1-9H,(H,20,22). The lowest BCUT2D eigenvalue weighted by Gasteiger charge is -2.16. The van der Waals surface area contributed by atoms with Crippen LogP contribution in [-0.4, -0.2) is 21.1 Å². The number of nitrogens with one attached hydrogen (secondary N) is 1. The first kappa shape index (κ1) is 17.6. The largest absolute Gasteiger partial charge is 0.285 e. The fraction of sp³-hybridized carbons (Fsp3) is 0. The summed E-state index contributed by atoms with van der Waals surface area (Å²) in [5, 5.41) is 1.25. The van der Waals surface area contributed by atoms with E-state index in [1.165, 1.54) is 24.3 Å². The van der Waals surface area contributed by atoms with Crippen LogP contribution in [0.5, 0.6) is 0 Å². The second-order valence-electron chi connectivity index (χ2n) is 4.99. The molecule has 2 amide bonds. The van der Waals surface area contributed by atoms with Gasteiger partial charge in [0.05, 0.1) is 15.5 Å². The van der Waals surface area contributed by atoms with E-state index < -0.39 is 17.6 Å². The van der Waals surface area contributed by atoms with Gasteiger partial charge in [-0.25, -0.2) is 4.39 Å². The molecule has 4 nitrogen and oxygen atoms in total. The van der Waals surface area contributed by atoms with Crippen LogP contribution in [0.1, 0.15) is 15.9 Å². The lowest BCUT2D eigenvalue weighted by atomic mass is 10.2. The van der Waals surface area contributed by atoms with Gasteiger partial charge >= 0.3 is 0 Å².